The average molecular weight is 291 g/mol. The predicted octanol–water partition coefficient (Wildman–Crippen LogP) is 4.21. The van der Waals surface area contributed by atoms with Gasteiger partial charge >= 0.3 is 0 Å². The number of hydrogen-bond acceptors (Lipinski definition) is 2. The Bertz CT molecular complexity index is 904. The summed E-state index contributed by atoms with van der Waals surface area (Å²) in [5.41, 5.74) is 5.19. The number of nitrogens with zero attached hydrogens (tertiary/aromatic N) is 3. The summed E-state index contributed by atoms with van der Waals surface area (Å²) >= 11 is 0. The smallest absolute Gasteiger partial charge is 0.102 e. The van der Waals surface area contributed by atoms with Gasteiger partial charge in [-0.05, 0) is 37.6 Å². The second-order valence-electron chi connectivity index (χ2n) is 6.23. The number of rotatable bonds is 1. The van der Waals surface area contributed by atoms with E-state index in [2.05, 4.69) is 91.1 Å². The fourth-order valence-corrected chi connectivity index (χ4v) is 3.48. The molecule has 0 spiro atoms. The van der Waals surface area contributed by atoms with Gasteiger partial charge in [-0.3, -0.25) is 0 Å². The van der Waals surface area contributed by atoms with Crippen LogP contribution in [0.3, 0.4) is 0 Å². The lowest BCUT2D eigenvalue weighted by molar-refractivity contribution is 0.383. The molecule has 1 aliphatic rings. The Kier molecular flexibility index (Phi) is 2.73. The van der Waals surface area contributed by atoms with Crippen LogP contribution < -0.4 is 4.90 Å². The van der Waals surface area contributed by atoms with Gasteiger partial charge in [0.05, 0.1) is 0 Å². The lowest BCUT2D eigenvalue weighted by Gasteiger charge is -2.28. The zero-order valence-corrected chi connectivity index (χ0v) is 13.5. The van der Waals surface area contributed by atoms with Gasteiger partial charge in [0.25, 0.3) is 0 Å². The average Bonchev–Trinajstić information content (AvgIpc) is 2.99. The fourth-order valence-electron chi connectivity index (χ4n) is 3.48. The van der Waals surface area contributed by atoms with Crippen molar-refractivity contribution in [3.63, 3.8) is 0 Å². The summed E-state index contributed by atoms with van der Waals surface area (Å²) in [4.78, 5) is 4.57. The SMILES string of the molecule is Cc1cc2c(cc1N1C=CN(C)C1C)c1ccccc1n2C. The molecule has 2 heterocycles. The van der Waals surface area contributed by atoms with Gasteiger partial charge in [-0.25, -0.2) is 0 Å². The number of aromatic nitrogens is 1. The molecular formula is C19H21N3. The third kappa shape index (κ3) is 1.68. The van der Waals surface area contributed by atoms with E-state index >= 15 is 0 Å². The molecule has 0 bridgehead atoms. The minimum absolute atomic E-state index is 0.353. The summed E-state index contributed by atoms with van der Waals surface area (Å²) in [5, 5.41) is 2.65. The van der Waals surface area contributed by atoms with E-state index in [1.165, 1.54) is 33.1 Å². The molecule has 1 aromatic heterocycles. The summed E-state index contributed by atoms with van der Waals surface area (Å²) in [7, 11) is 4.27. The van der Waals surface area contributed by atoms with Crippen molar-refractivity contribution in [3.8, 4) is 0 Å². The van der Waals surface area contributed by atoms with Crippen LogP contribution in [0, 0.1) is 6.92 Å². The van der Waals surface area contributed by atoms with Crippen molar-refractivity contribution in [2.45, 2.75) is 20.0 Å². The van der Waals surface area contributed by atoms with Crippen LogP contribution in [0.25, 0.3) is 21.8 Å². The molecule has 0 fully saturated rings. The Balaban J connectivity index is 2.00. The highest BCUT2D eigenvalue weighted by Gasteiger charge is 2.22. The molecule has 1 aliphatic heterocycles. The highest BCUT2D eigenvalue weighted by atomic mass is 15.4. The summed E-state index contributed by atoms with van der Waals surface area (Å²) in [6.07, 6.45) is 4.66. The van der Waals surface area contributed by atoms with Crippen LogP contribution in [0.2, 0.25) is 0 Å². The molecule has 1 unspecified atom stereocenters. The van der Waals surface area contributed by atoms with Gasteiger partial charge in [-0.15, -0.1) is 0 Å². The third-order valence-corrected chi connectivity index (χ3v) is 4.96. The molecule has 4 rings (SSSR count). The van der Waals surface area contributed by atoms with Crippen molar-refractivity contribution < 1.29 is 0 Å². The summed E-state index contributed by atoms with van der Waals surface area (Å²) in [6.45, 7) is 4.43. The van der Waals surface area contributed by atoms with Gasteiger partial charge < -0.3 is 14.4 Å². The molecule has 1 atom stereocenters. The van der Waals surface area contributed by atoms with Gasteiger partial charge in [0.2, 0.25) is 0 Å². The zero-order chi connectivity index (χ0) is 15.4. The first-order valence-electron chi connectivity index (χ1n) is 7.74. The van der Waals surface area contributed by atoms with Gasteiger partial charge in [-0.1, -0.05) is 18.2 Å². The number of anilines is 1. The zero-order valence-electron chi connectivity index (χ0n) is 13.5. The molecule has 0 amide bonds. The first-order valence-corrected chi connectivity index (χ1v) is 7.74. The van der Waals surface area contributed by atoms with Crippen LogP contribution in [0.1, 0.15) is 12.5 Å². The van der Waals surface area contributed by atoms with Crippen LogP contribution in [0.15, 0.2) is 48.8 Å². The van der Waals surface area contributed by atoms with Crippen LogP contribution in [-0.4, -0.2) is 22.7 Å². The van der Waals surface area contributed by atoms with Crippen molar-refractivity contribution >= 4 is 27.5 Å². The fraction of sp³-hybridized carbons (Fsp3) is 0.263. The third-order valence-electron chi connectivity index (χ3n) is 4.96. The number of aryl methyl sites for hydroxylation is 2. The maximum Gasteiger partial charge on any atom is 0.102 e. The van der Waals surface area contributed by atoms with E-state index in [4.69, 9.17) is 0 Å². The van der Waals surface area contributed by atoms with Gasteiger partial charge in [0, 0.05) is 54.0 Å². The van der Waals surface area contributed by atoms with Crippen LogP contribution in [0.5, 0.6) is 0 Å². The first-order chi connectivity index (χ1) is 10.6. The Hall–Kier alpha value is -2.42. The Morgan fingerprint density at radius 2 is 1.68 bits per heavy atom. The minimum atomic E-state index is 0.353. The van der Waals surface area contributed by atoms with Crippen molar-refractivity contribution in [1.29, 1.82) is 0 Å². The molecule has 0 radical (unpaired) electrons. The molecule has 0 saturated carbocycles. The van der Waals surface area contributed by atoms with Gasteiger partial charge in [-0.2, -0.15) is 0 Å². The Morgan fingerprint density at radius 1 is 0.909 bits per heavy atom. The molecule has 0 saturated heterocycles. The van der Waals surface area contributed by atoms with E-state index in [1.54, 1.807) is 0 Å². The molecule has 3 heteroatoms. The molecular weight excluding hydrogens is 270 g/mol. The molecule has 3 aromatic rings. The molecule has 0 N–H and O–H groups in total. The van der Waals surface area contributed by atoms with E-state index in [1.807, 2.05) is 0 Å². The molecule has 2 aromatic carbocycles. The van der Waals surface area contributed by atoms with Crippen molar-refractivity contribution in [1.82, 2.24) is 9.47 Å². The number of fused-ring (bicyclic) bond motifs is 3. The van der Waals surface area contributed by atoms with Gasteiger partial charge in [0.1, 0.15) is 6.17 Å². The largest absolute Gasteiger partial charge is 0.359 e. The van der Waals surface area contributed by atoms with E-state index < -0.39 is 0 Å². The van der Waals surface area contributed by atoms with Crippen LogP contribution >= 0.6 is 0 Å². The molecule has 3 nitrogen and oxygen atoms in total. The first kappa shape index (κ1) is 13.3. The highest BCUT2D eigenvalue weighted by Crippen LogP contribution is 2.35. The van der Waals surface area contributed by atoms with Crippen LogP contribution in [0.4, 0.5) is 5.69 Å². The lowest BCUT2D eigenvalue weighted by atomic mass is 10.1. The number of benzene rings is 2. The maximum absolute atomic E-state index is 2.34. The summed E-state index contributed by atoms with van der Waals surface area (Å²) < 4.78 is 2.29. The summed E-state index contributed by atoms with van der Waals surface area (Å²) in [5.74, 6) is 0. The number of hydrogen-bond donors (Lipinski definition) is 0. The molecule has 112 valence electrons. The topological polar surface area (TPSA) is 11.4 Å². The van der Waals surface area contributed by atoms with Crippen molar-refractivity contribution in [3.05, 3.63) is 54.4 Å². The number of para-hydroxylation sites is 1. The second-order valence-corrected chi connectivity index (χ2v) is 6.23. The molecule has 22 heavy (non-hydrogen) atoms. The normalized spacial score (nSPS) is 18.1. The van der Waals surface area contributed by atoms with Crippen molar-refractivity contribution in [2.24, 2.45) is 7.05 Å². The van der Waals surface area contributed by atoms with Crippen molar-refractivity contribution in [2.75, 3.05) is 11.9 Å². The van der Waals surface area contributed by atoms with E-state index in [9.17, 15) is 0 Å². The van der Waals surface area contributed by atoms with Crippen LogP contribution in [-0.2, 0) is 7.05 Å². The standard InChI is InChI=1S/C19H21N3/c1-13-11-19-16(15-7-5-6-8-17(15)21(19)4)12-18(13)22-10-9-20(3)14(22)2/h5-12,14H,1-4H3. The Labute approximate surface area is 131 Å². The predicted molar refractivity (Wildman–Crippen MR) is 94.0 cm³/mol. The Morgan fingerprint density at radius 3 is 2.41 bits per heavy atom. The quantitative estimate of drug-likeness (QED) is 0.665. The monoisotopic (exact) mass is 291 g/mol. The lowest BCUT2D eigenvalue weighted by Crippen LogP contribution is -2.33. The van der Waals surface area contributed by atoms with Gasteiger partial charge in [0.15, 0.2) is 0 Å². The van der Waals surface area contributed by atoms with E-state index in [0.29, 0.717) is 6.17 Å². The highest BCUT2D eigenvalue weighted by molar-refractivity contribution is 6.09. The summed E-state index contributed by atoms with van der Waals surface area (Å²) in [6, 6.07) is 13.3. The molecule has 0 aliphatic carbocycles. The maximum atomic E-state index is 2.34. The minimum Gasteiger partial charge on any atom is -0.359 e. The van der Waals surface area contributed by atoms with E-state index in [0.717, 1.165) is 0 Å². The second kappa shape index (κ2) is 4.54. The van der Waals surface area contributed by atoms with E-state index in [-0.39, 0.29) is 0 Å².